The molecule has 12 aromatic carbocycles. The summed E-state index contributed by atoms with van der Waals surface area (Å²) < 4.78 is 6.27. The molecule has 2 heteroatoms. The fourth-order valence-corrected chi connectivity index (χ4v) is 10.1. The van der Waals surface area contributed by atoms with Crippen molar-refractivity contribution < 1.29 is 4.42 Å². The van der Waals surface area contributed by atoms with E-state index in [2.05, 4.69) is 241 Å². The van der Waals surface area contributed by atoms with Gasteiger partial charge in [0, 0.05) is 27.8 Å². The molecule has 0 saturated carbocycles. The molecule has 0 aliphatic rings. The Morgan fingerprint density at radius 2 is 0.667 bits per heavy atom. The van der Waals surface area contributed by atoms with E-state index in [4.69, 9.17) is 4.42 Å². The van der Waals surface area contributed by atoms with Gasteiger partial charge in [0.1, 0.15) is 11.2 Å². The Hall–Kier alpha value is -8.72. The van der Waals surface area contributed by atoms with Crippen molar-refractivity contribution in [3.05, 3.63) is 249 Å². The van der Waals surface area contributed by atoms with Gasteiger partial charge in [-0.15, -0.1) is 0 Å². The number of para-hydroxylation sites is 1. The summed E-state index contributed by atoms with van der Waals surface area (Å²) in [6.07, 6.45) is 0. The van der Waals surface area contributed by atoms with Gasteiger partial charge in [0.25, 0.3) is 0 Å². The van der Waals surface area contributed by atoms with Gasteiger partial charge < -0.3 is 9.32 Å². The van der Waals surface area contributed by atoms with Gasteiger partial charge in [-0.05, 0) is 148 Å². The van der Waals surface area contributed by atoms with Crippen LogP contribution in [-0.4, -0.2) is 0 Å². The highest BCUT2D eigenvalue weighted by atomic mass is 16.3. The maximum atomic E-state index is 6.27. The second-order valence-corrected chi connectivity index (χ2v) is 17.3. The molecular weight excluding hydrogens is 799 g/mol. The van der Waals surface area contributed by atoms with Crippen LogP contribution in [0.25, 0.3) is 110 Å². The smallest absolute Gasteiger partial charge is 0.136 e. The number of anilines is 3. The van der Waals surface area contributed by atoms with E-state index in [1.165, 1.54) is 76.5 Å². The standard InChI is InChI=1S/C64H41NO/c1-3-13-56-45(9-1)23-25-48-27-29-51(40-60(48)56)44-21-19-42(20-22-44)43-31-35-53(36-32-43)65(54-37-33-47(34-38-54)58-16-8-18-63-64(58)59-15-5-6-17-62(59)66-63)55-12-7-11-50(39-55)52-30-28-49-26-24-46-10-2-4-14-57(46)61(49)41-52/h1-41H. The molecule has 0 spiro atoms. The average molecular weight is 840 g/mol. The van der Waals surface area contributed by atoms with Crippen molar-refractivity contribution in [3.63, 3.8) is 0 Å². The van der Waals surface area contributed by atoms with Crippen LogP contribution >= 0.6 is 0 Å². The molecule has 0 aliphatic heterocycles. The van der Waals surface area contributed by atoms with Gasteiger partial charge in [-0.2, -0.15) is 0 Å². The van der Waals surface area contributed by atoms with Crippen molar-refractivity contribution in [2.24, 2.45) is 0 Å². The molecule has 0 N–H and O–H groups in total. The van der Waals surface area contributed by atoms with Crippen molar-refractivity contribution >= 4 is 82.1 Å². The summed E-state index contributed by atoms with van der Waals surface area (Å²) in [7, 11) is 0. The summed E-state index contributed by atoms with van der Waals surface area (Å²) >= 11 is 0. The van der Waals surface area contributed by atoms with Crippen molar-refractivity contribution in [1.82, 2.24) is 0 Å². The predicted molar refractivity (Wildman–Crippen MR) is 280 cm³/mol. The lowest BCUT2D eigenvalue weighted by atomic mass is 9.96. The molecule has 0 aliphatic carbocycles. The minimum Gasteiger partial charge on any atom is -0.456 e. The maximum Gasteiger partial charge on any atom is 0.136 e. The van der Waals surface area contributed by atoms with E-state index in [1.54, 1.807) is 0 Å². The number of furan rings is 1. The molecule has 308 valence electrons. The van der Waals surface area contributed by atoms with E-state index in [0.29, 0.717) is 0 Å². The van der Waals surface area contributed by atoms with Crippen LogP contribution in [0.4, 0.5) is 17.1 Å². The molecule has 13 aromatic rings. The SMILES string of the molecule is c1cc(-c2ccc3ccc4ccccc4c3c2)cc(N(c2ccc(-c3ccc(-c4ccc5ccc6ccccc6c5c4)cc3)cc2)c2ccc(-c3cccc4oc5ccccc5c34)cc2)c1. The third kappa shape index (κ3) is 6.50. The van der Waals surface area contributed by atoms with Crippen LogP contribution in [0.15, 0.2) is 253 Å². The van der Waals surface area contributed by atoms with Gasteiger partial charge in [0.05, 0.1) is 0 Å². The second kappa shape index (κ2) is 15.5. The first-order valence-corrected chi connectivity index (χ1v) is 22.6. The fourth-order valence-electron chi connectivity index (χ4n) is 10.1. The highest BCUT2D eigenvalue weighted by Gasteiger charge is 2.17. The second-order valence-electron chi connectivity index (χ2n) is 17.3. The lowest BCUT2D eigenvalue weighted by molar-refractivity contribution is 0.669. The molecule has 0 fully saturated rings. The van der Waals surface area contributed by atoms with Crippen molar-refractivity contribution in [3.8, 4) is 44.5 Å². The third-order valence-corrected chi connectivity index (χ3v) is 13.4. The van der Waals surface area contributed by atoms with Crippen LogP contribution in [0.5, 0.6) is 0 Å². The molecule has 0 atom stereocenters. The Morgan fingerprint density at radius 3 is 1.29 bits per heavy atom. The van der Waals surface area contributed by atoms with Gasteiger partial charge in [-0.25, -0.2) is 0 Å². The number of rotatable bonds is 7. The molecule has 0 radical (unpaired) electrons. The van der Waals surface area contributed by atoms with Crippen LogP contribution in [0.1, 0.15) is 0 Å². The van der Waals surface area contributed by atoms with Crippen LogP contribution in [0.3, 0.4) is 0 Å². The van der Waals surface area contributed by atoms with Gasteiger partial charge in [-0.1, -0.05) is 188 Å². The maximum absolute atomic E-state index is 6.27. The number of fused-ring (bicyclic) bond motifs is 9. The molecule has 1 aromatic heterocycles. The summed E-state index contributed by atoms with van der Waals surface area (Å²) in [5.41, 5.74) is 14.5. The fraction of sp³-hybridized carbons (Fsp3) is 0. The van der Waals surface area contributed by atoms with Gasteiger partial charge in [0.2, 0.25) is 0 Å². The summed E-state index contributed by atoms with van der Waals surface area (Å²) in [4.78, 5) is 2.37. The highest BCUT2D eigenvalue weighted by Crippen LogP contribution is 2.42. The van der Waals surface area contributed by atoms with Gasteiger partial charge in [0.15, 0.2) is 0 Å². The monoisotopic (exact) mass is 839 g/mol. The average Bonchev–Trinajstić information content (AvgIpc) is 3.78. The predicted octanol–water partition coefficient (Wildman–Crippen LogP) is 18.3. The first-order chi connectivity index (χ1) is 32.7. The zero-order valence-electron chi connectivity index (χ0n) is 36.0. The van der Waals surface area contributed by atoms with E-state index in [1.807, 2.05) is 12.1 Å². The summed E-state index contributed by atoms with van der Waals surface area (Å²) in [6, 6.07) is 90.3. The Labute approximate surface area is 382 Å². The number of benzene rings is 12. The Balaban J connectivity index is 0.874. The zero-order valence-corrected chi connectivity index (χ0v) is 36.0. The lowest BCUT2D eigenvalue weighted by Gasteiger charge is -2.26. The molecule has 1 heterocycles. The van der Waals surface area contributed by atoms with E-state index < -0.39 is 0 Å². The number of nitrogens with zero attached hydrogens (tertiary/aromatic N) is 1. The summed E-state index contributed by atoms with van der Waals surface area (Å²) in [5.74, 6) is 0. The van der Waals surface area contributed by atoms with Gasteiger partial charge in [-0.3, -0.25) is 0 Å². The van der Waals surface area contributed by atoms with Crippen molar-refractivity contribution in [2.45, 2.75) is 0 Å². The van der Waals surface area contributed by atoms with Crippen LogP contribution in [0.2, 0.25) is 0 Å². The first-order valence-electron chi connectivity index (χ1n) is 22.6. The first kappa shape index (κ1) is 37.8. The third-order valence-electron chi connectivity index (χ3n) is 13.4. The van der Waals surface area contributed by atoms with Crippen molar-refractivity contribution in [1.29, 1.82) is 0 Å². The molecule has 66 heavy (non-hydrogen) atoms. The lowest BCUT2D eigenvalue weighted by Crippen LogP contribution is -2.10. The van der Waals surface area contributed by atoms with Crippen LogP contribution < -0.4 is 4.90 Å². The zero-order chi connectivity index (χ0) is 43.6. The van der Waals surface area contributed by atoms with E-state index in [9.17, 15) is 0 Å². The summed E-state index contributed by atoms with van der Waals surface area (Å²) in [6.45, 7) is 0. The molecule has 0 amide bonds. The van der Waals surface area contributed by atoms with E-state index in [0.717, 1.165) is 50.1 Å². The van der Waals surface area contributed by atoms with Crippen molar-refractivity contribution in [2.75, 3.05) is 4.90 Å². The minimum absolute atomic E-state index is 0.898. The van der Waals surface area contributed by atoms with Gasteiger partial charge >= 0.3 is 0 Å². The van der Waals surface area contributed by atoms with E-state index >= 15 is 0 Å². The molecule has 2 nitrogen and oxygen atoms in total. The number of hydrogen-bond acceptors (Lipinski definition) is 2. The molecular formula is C64H41NO. The Kier molecular flexibility index (Phi) is 8.89. The normalized spacial score (nSPS) is 11.6. The minimum atomic E-state index is 0.898. The molecule has 0 saturated heterocycles. The molecule has 13 rings (SSSR count). The van der Waals surface area contributed by atoms with Crippen LogP contribution in [0, 0.1) is 0 Å². The largest absolute Gasteiger partial charge is 0.456 e. The van der Waals surface area contributed by atoms with E-state index in [-0.39, 0.29) is 0 Å². The topological polar surface area (TPSA) is 16.4 Å². The highest BCUT2D eigenvalue weighted by molar-refractivity contribution is 6.13. The van der Waals surface area contributed by atoms with Crippen LogP contribution in [-0.2, 0) is 0 Å². The number of hydrogen-bond donors (Lipinski definition) is 0. The quantitative estimate of drug-likeness (QED) is 0.149. The summed E-state index contributed by atoms with van der Waals surface area (Å²) in [5, 5.41) is 12.4. The molecule has 0 unspecified atom stereocenters. The Bertz CT molecular complexity index is 3970. The molecule has 0 bridgehead atoms. The Morgan fingerprint density at radius 1 is 0.242 bits per heavy atom.